The molecule has 1 aromatic carbocycles. The molecule has 1 aromatic heterocycles. The maximum atomic E-state index is 13.0. The average Bonchev–Trinajstić information content (AvgIpc) is 2.78. The quantitative estimate of drug-likeness (QED) is 0.912. The topological polar surface area (TPSA) is 24.9 Å². The maximum absolute atomic E-state index is 13.0. The maximum Gasteiger partial charge on any atom is 0.141 e. The smallest absolute Gasteiger partial charge is 0.141 e. The van der Waals surface area contributed by atoms with Crippen molar-refractivity contribution in [2.24, 2.45) is 0 Å². The Bertz CT molecular complexity index is 473. The molecule has 0 aliphatic rings. The Labute approximate surface area is 102 Å². The van der Waals surface area contributed by atoms with Gasteiger partial charge in [-0.25, -0.2) is 9.37 Å². The third-order valence-corrected chi connectivity index (χ3v) is 3.39. The molecule has 1 heterocycles. The highest BCUT2D eigenvalue weighted by Gasteiger charge is 2.15. The number of rotatable bonds is 3. The van der Waals surface area contributed by atoms with Crippen molar-refractivity contribution >= 4 is 22.9 Å². The zero-order chi connectivity index (χ0) is 11.5. The molecule has 0 aliphatic carbocycles. The van der Waals surface area contributed by atoms with Gasteiger partial charge in [0, 0.05) is 11.6 Å². The van der Waals surface area contributed by atoms with Crippen molar-refractivity contribution in [2.75, 3.05) is 7.05 Å². The molecule has 0 bridgehead atoms. The predicted octanol–water partition coefficient (Wildman–Crippen LogP) is 3.24. The number of thiazole rings is 1. The molecule has 2 aromatic rings. The summed E-state index contributed by atoms with van der Waals surface area (Å²) in [6.07, 6.45) is 1.75. The van der Waals surface area contributed by atoms with Gasteiger partial charge < -0.3 is 5.32 Å². The lowest BCUT2D eigenvalue weighted by atomic mass is 10.1. The minimum Gasteiger partial charge on any atom is -0.307 e. The van der Waals surface area contributed by atoms with Crippen molar-refractivity contribution in [2.45, 2.75) is 6.04 Å². The second-order valence-corrected chi connectivity index (χ2v) is 4.60. The second-order valence-electron chi connectivity index (χ2n) is 3.27. The highest BCUT2D eigenvalue weighted by molar-refractivity contribution is 7.09. The number of nitrogens with one attached hydrogen (secondary N) is 1. The number of hydrogen-bond acceptors (Lipinski definition) is 3. The molecule has 0 radical (unpaired) electrons. The molecular formula is C11H10ClFN2S. The van der Waals surface area contributed by atoms with Gasteiger partial charge in [-0.1, -0.05) is 17.7 Å². The molecular weight excluding hydrogens is 247 g/mol. The zero-order valence-electron chi connectivity index (χ0n) is 8.58. The van der Waals surface area contributed by atoms with Crippen molar-refractivity contribution < 1.29 is 4.39 Å². The normalized spacial score (nSPS) is 12.7. The number of nitrogens with zero attached hydrogens (tertiary/aromatic N) is 1. The highest BCUT2D eigenvalue weighted by Crippen LogP contribution is 2.26. The monoisotopic (exact) mass is 256 g/mol. The van der Waals surface area contributed by atoms with Crippen LogP contribution in [-0.4, -0.2) is 12.0 Å². The SMILES string of the molecule is CNC(c1ccc(F)c(Cl)c1)c1nccs1. The van der Waals surface area contributed by atoms with E-state index in [0.717, 1.165) is 10.6 Å². The summed E-state index contributed by atoms with van der Waals surface area (Å²) >= 11 is 7.31. The first-order chi connectivity index (χ1) is 7.72. The van der Waals surface area contributed by atoms with Crippen LogP contribution in [0.25, 0.3) is 0 Å². The van der Waals surface area contributed by atoms with Gasteiger partial charge in [0.2, 0.25) is 0 Å². The third-order valence-electron chi connectivity index (χ3n) is 2.26. The molecule has 1 N–H and O–H groups in total. The molecule has 1 unspecified atom stereocenters. The fraction of sp³-hybridized carbons (Fsp3) is 0.182. The van der Waals surface area contributed by atoms with Gasteiger partial charge in [-0.15, -0.1) is 11.3 Å². The highest BCUT2D eigenvalue weighted by atomic mass is 35.5. The number of halogens is 2. The van der Waals surface area contributed by atoms with Crippen LogP contribution in [0.2, 0.25) is 5.02 Å². The Balaban J connectivity index is 2.37. The van der Waals surface area contributed by atoms with E-state index in [-0.39, 0.29) is 11.1 Å². The van der Waals surface area contributed by atoms with E-state index in [4.69, 9.17) is 11.6 Å². The van der Waals surface area contributed by atoms with Crippen LogP contribution in [0.5, 0.6) is 0 Å². The van der Waals surface area contributed by atoms with E-state index in [0.29, 0.717) is 0 Å². The van der Waals surface area contributed by atoms with Gasteiger partial charge >= 0.3 is 0 Å². The molecule has 0 amide bonds. The lowest BCUT2D eigenvalue weighted by molar-refractivity contribution is 0.623. The van der Waals surface area contributed by atoms with E-state index in [1.54, 1.807) is 29.7 Å². The van der Waals surface area contributed by atoms with E-state index in [1.165, 1.54) is 6.07 Å². The van der Waals surface area contributed by atoms with Crippen LogP contribution in [0, 0.1) is 5.82 Å². The molecule has 84 valence electrons. The Morgan fingerprint density at radius 1 is 1.50 bits per heavy atom. The van der Waals surface area contributed by atoms with E-state index in [1.807, 2.05) is 12.4 Å². The van der Waals surface area contributed by atoms with Gasteiger partial charge in [0.25, 0.3) is 0 Å². The van der Waals surface area contributed by atoms with Crippen LogP contribution in [-0.2, 0) is 0 Å². The summed E-state index contributed by atoms with van der Waals surface area (Å²) in [6.45, 7) is 0. The van der Waals surface area contributed by atoms with Crippen LogP contribution in [0.3, 0.4) is 0 Å². The van der Waals surface area contributed by atoms with Crippen molar-refractivity contribution in [1.29, 1.82) is 0 Å². The summed E-state index contributed by atoms with van der Waals surface area (Å²) in [7, 11) is 1.84. The average molecular weight is 257 g/mol. The molecule has 2 nitrogen and oxygen atoms in total. The van der Waals surface area contributed by atoms with Gasteiger partial charge in [-0.2, -0.15) is 0 Å². The van der Waals surface area contributed by atoms with Crippen molar-refractivity contribution in [3.63, 3.8) is 0 Å². The van der Waals surface area contributed by atoms with Gasteiger partial charge in [0.1, 0.15) is 10.8 Å². The summed E-state index contributed by atoms with van der Waals surface area (Å²) in [4.78, 5) is 4.24. The number of aromatic nitrogens is 1. The lowest BCUT2D eigenvalue weighted by Gasteiger charge is -2.14. The first kappa shape index (κ1) is 11.5. The van der Waals surface area contributed by atoms with E-state index < -0.39 is 5.82 Å². The molecule has 0 fully saturated rings. The largest absolute Gasteiger partial charge is 0.307 e. The van der Waals surface area contributed by atoms with Crippen LogP contribution in [0.1, 0.15) is 16.6 Å². The van der Waals surface area contributed by atoms with Crippen LogP contribution < -0.4 is 5.32 Å². The predicted molar refractivity (Wildman–Crippen MR) is 64.4 cm³/mol. The summed E-state index contributed by atoms with van der Waals surface area (Å²) in [5.74, 6) is -0.403. The molecule has 16 heavy (non-hydrogen) atoms. The molecule has 0 aliphatic heterocycles. The molecule has 1 atom stereocenters. The van der Waals surface area contributed by atoms with Crippen LogP contribution >= 0.6 is 22.9 Å². The molecule has 5 heteroatoms. The van der Waals surface area contributed by atoms with E-state index in [9.17, 15) is 4.39 Å². The third kappa shape index (κ3) is 2.24. The Hall–Kier alpha value is -0.970. The van der Waals surface area contributed by atoms with Gasteiger partial charge in [-0.05, 0) is 24.7 Å². The standard InChI is InChI=1S/C11H10ClFN2S/c1-14-10(11-15-4-5-16-11)7-2-3-9(13)8(12)6-7/h2-6,10,14H,1H3. The van der Waals surface area contributed by atoms with Crippen LogP contribution in [0.15, 0.2) is 29.8 Å². The summed E-state index contributed by atoms with van der Waals surface area (Å²) in [5.41, 5.74) is 0.906. The first-order valence-electron chi connectivity index (χ1n) is 4.74. The van der Waals surface area contributed by atoms with Crippen LogP contribution in [0.4, 0.5) is 4.39 Å². The fourth-order valence-electron chi connectivity index (χ4n) is 1.50. The number of benzene rings is 1. The summed E-state index contributed by atoms with van der Waals surface area (Å²) < 4.78 is 13.0. The summed E-state index contributed by atoms with van der Waals surface area (Å²) in [5, 5.41) is 6.11. The van der Waals surface area contributed by atoms with Gasteiger partial charge in [0.15, 0.2) is 0 Å². The summed E-state index contributed by atoms with van der Waals surface area (Å²) in [6, 6.07) is 4.66. The number of hydrogen-bond donors (Lipinski definition) is 1. The molecule has 0 saturated heterocycles. The van der Waals surface area contributed by atoms with Crippen molar-refractivity contribution in [3.8, 4) is 0 Å². The Kier molecular flexibility index (Phi) is 3.53. The second kappa shape index (κ2) is 4.91. The first-order valence-corrected chi connectivity index (χ1v) is 5.99. The Morgan fingerprint density at radius 2 is 2.31 bits per heavy atom. The fourth-order valence-corrected chi connectivity index (χ4v) is 2.46. The minimum atomic E-state index is -0.403. The molecule has 0 spiro atoms. The van der Waals surface area contributed by atoms with E-state index in [2.05, 4.69) is 10.3 Å². The van der Waals surface area contributed by atoms with E-state index >= 15 is 0 Å². The van der Waals surface area contributed by atoms with Crippen molar-refractivity contribution in [3.05, 3.63) is 51.2 Å². The van der Waals surface area contributed by atoms with Gasteiger partial charge in [0.05, 0.1) is 11.1 Å². The zero-order valence-corrected chi connectivity index (χ0v) is 10.1. The molecule has 0 saturated carbocycles. The lowest BCUT2D eigenvalue weighted by Crippen LogP contribution is -2.17. The Morgan fingerprint density at radius 3 is 2.88 bits per heavy atom. The molecule has 2 rings (SSSR count). The van der Waals surface area contributed by atoms with Gasteiger partial charge in [-0.3, -0.25) is 0 Å². The van der Waals surface area contributed by atoms with Crippen molar-refractivity contribution in [1.82, 2.24) is 10.3 Å². The minimum absolute atomic E-state index is 0.0434.